The average molecular weight is 293 g/mol. The number of para-hydroxylation sites is 1. The Balaban J connectivity index is 1.85. The number of nitro benzene ring substituents is 1. The molecule has 3 atom stereocenters. The molecule has 1 aromatic carbocycles. The standard InChI is InChI=1S/C17H15N3O2/c21-20(22)15-8-2-7-14-12-5-1-6-13(12)16(19-17(14)15)11-4-3-9-18-10-11/h1-5,7-10,12-13,16,19H,6H2/t12-,13-,16+/m0/s1. The van der Waals surface area contributed by atoms with Crippen LogP contribution in [0.15, 0.2) is 54.9 Å². The zero-order chi connectivity index (χ0) is 15.1. The van der Waals surface area contributed by atoms with Gasteiger partial charge < -0.3 is 5.32 Å². The van der Waals surface area contributed by atoms with Gasteiger partial charge >= 0.3 is 0 Å². The molecule has 1 aliphatic heterocycles. The van der Waals surface area contributed by atoms with Crippen molar-refractivity contribution in [2.24, 2.45) is 5.92 Å². The molecule has 0 fully saturated rings. The molecule has 5 nitrogen and oxygen atoms in total. The van der Waals surface area contributed by atoms with Gasteiger partial charge in [-0.2, -0.15) is 0 Å². The fourth-order valence-electron chi connectivity index (χ4n) is 3.65. The Morgan fingerprint density at radius 2 is 2.18 bits per heavy atom. The first kappa shape index (κ1) is 13.0. The Hall–Kier alpha value is -2.69. The fraction of sp³-hybridized carbons (Fsp3) is 0.235. The van der Waals surface area contributed by atoms with Crippen molar-refractivity contribution in [2.75, 3.05) is 5.32 Å². The zero-order valence-electron chi connectivity index (χ0n) is 11.8. The van der Waals surface area contributed by atoms with Crippen LogP contribution >= 0.6 is 0 Å². The molecule has 2 aliphatic rings. The van der Waals surface area contributed by atoms with Gasteiger partial charge in [-0.05, 0) is 29.5 Å². The minimum atomic E-state index is -0.314. The molecule has 2 heterocycles. The first-order chi connectivity index (χ1) is 10.8. The van der Waals surface area contributed by atoms with E-state index in [1.807, 2.05) is 24.4 Å². The highest BCUT2D eigenvalue weighted by Crippen LogP contribution is 2.51. The predicted molar refractivity (Wildman–Crippen MR) is 83.7 cm³/mol. The summed E-state index contributed by atoms with van der Waals surface area (Å²) < 4.78 is 0. The molecule has 0 spiro atoms. The van der Waals surface area contributed by atoms with Gasteiger partial charge in [-0.25, -0.2) is 0 Å². The van der Waals surface area contributed by atoms with E-state index in [9.17, 15) is 10.1 Å². The van der Waals surface area contributed by atoms with Crippen LogP contribution in [0.5, 0.6) is 0 Å². The number of nitro groups is 1. The maximum absolute atomic E-state index is 11.3. The van der Waals surface area contributed by atoms with Crippen molar-refractivity contribution in [3.8, 4) is 0 Å². The Morgan fingerprint density at radius 3 is 2.95 bits per heavy atom. The van der Waals surface area contributed by atoms with Crippen LogP contribution in [0.1, 0.15) is 29.5 Å². The summed E-state index contributed by atoms with van der Waals surface area (Å²) in [5.74, 6) is 0.597. The van der Waals surface area contributed by atoms with Crippen LogP contribution in [-0.4, -0.2) is 9.91 Å². The molecule has 2 aromatic rings. The van der Waals surface area contributed by atoms with E-state index in [1.54, 1.807) is 18.3 Å². The lowest BCUT2D eigenvalue weighted by atomic mass is 9.77. The molecule has 0 unspecified atom stereocenters. The molecule has 0 bridgehead atoms. The minimum Gasteiger partial charge on any atom is -0.372 e. The van der Waals surface area contributed by atoms with Gasteiger partial charge in [0, 0.05) is 24.4 Å². The van der Waals surface area contributed by atoms with E-state index in [0.29, 0.717) is 11.6 Å². The smallest absolute Gasteiger partial charge is 0.292 e. The molecule has 0 amide bonds. The third-order valence-electron chi connectivity index (χ3n) is 4.61. The molecule has 1 aliphatic carbocycles. The Morgan fingerprint density at radius 1 is 1.27 bits per heavy atom. The summed E-state index contributed by atoms with van der Waals surface area (Å²) in [6, 6.07) is 9.30. The van der Waals surface area contributed by atoms with Gasteiger partial charge in [-0.3, -0.25) is 15.1 Å². The maximum Gasteiger partial charge on any atom is 0.292 e. The largest absolute Gasteiger partial charge is 0.372 e. The normalized spacial score (nSPS) is 25.2. The summed E-state index contributed by atoms with van der Waals surface area (Å²) in [4.78, 5) is 15.2. The van der Waals surface area contributed by atoms with Crippen molar-refractivity contribution in [3.05, 3.63) is 76.1 Å². The molecule has 0 radical (unpaired) electrons. The number of aromatic nitrogens is 1. The highest BCUT2D eigenvalue weighted by atomic mass is 16.6. The summed E-state index contributed by atoms with van der Waals surface area (Å²) in [5.41, 5.74) is 2.89. The molecule has 110 valence electrons. The van der Waals surface area contributed by atoms with Crippen LogP contribution in [0.3, 0.4) is 0 Å². The van der Waals surface area contributed by atoms with Crippen molar-refractivity contribution in [1.29, 1.82) is 0 Å². The fourth-order valence-corrected chi connectivity index (χ4v) is 3.65. The van der Waals surface area contributed by atoms with Crippen LogP contribution in [0.2, 0.25) is 0 Å². The molecule has 5 heteroatoms. The second-order valence-corrected chi connectivity index (χ2v) is 5.76. The minimum absolute atomic E-state index is 0.0438. The Kier molecular flexibility index (Phi) is 2.92. The van der Waals surface area contributed by atoms with E-state index in [4.69, 9.17) is 0 Å². The van der Waals surface area contributed by atoms with Crippen LogP contribution in [0, 0.1) is 16.0 Å². The van der Waals surface area contributed by atoms with Gasteiger partial charge in [0.25, 0.3) is 5.69 Å². The molecule has 22 heavy (non-hydrogen) atoms. The molecule has 1 aromatic heterocycles. The SMILES string of the molecule is O=[N+]([O-])c1cccc2c1N[C@H](c1cccnc1)[C@H]1CC=C[C@H]21. The third kappa shape index (κ3) is 1.89. The number of rotatable bonds is 2. The highest BCUT2D eigenvalue weighted by molar-refractivity contribution is 5.71. The second-order valence-electron chi connectivity index (χ2n) is 5.76. The van der Waals surface area contributed by atoms with E-state index < -0.39 is 0 Å². The molecular formula is C17H15N3O2. The number of hydrogen-bond donors (Lipinski definition) is 1. The van der Waals surface area contributed by atoms with Crippen LogP contribution in [0.4, 0.5) is 11.4 Å². The summed E-state index contributed by atoms with van der Waals surface area (Å²) in [6.45, 7) is 0. The average Bonchev–Trinajstić information content (AvgIpc) is 3.04. The molecule has 4 rings (SSSR count). The van der Waals surface area contributed by atoms with E-state index in [0.717, 1.165) is 17.5 Å². The first-order valence-electron chi connectivity index (χ1n) is 7.36. The Labute approximate surface area is 127 Å². The predicted octanol–water partition coefficient (Wildman–Crippen LogP) is 3.82. The van der Waals surface area contributed by atoms with Gasteiger partial charge in [-0.1, -0.05) is 30.4 Å². The summed E-state index contributed by atoms with van der Waals surface area (Å²) in [5, 5.41) is 14.8. The number of fused-ring (bicyclic) bond motifs is 3. The molecule has 1 N–H and O–H groups in total. The number of hydrogen-bond acceptors (Lipinski definition) is 4. The van der Waals surface area contributed by atoms with Crippen molar-refractivity contribution in [2.45, 2.75) is 18.4 Å². The van der Waals surface area contributed by atoms with Gasteiger partial charge in [-0.15, -0.1) is 0 Å². The molecule has 0 saturated carbocycles. The van der Waals surface area contributed by atoms with E-state index >= 15 is 0 Å². The quantitative estimate of drug-likeness (QED) is 0.519. The third-order valence-corrected chi connectivity index (χ3v) is 4.61. The van der Waals surface area contributed by atoms with Gasteiger partial charge in [0.2, 0.25) is 0 Å². The van der Waals surface area contributed by atoms with Gasteiger partial charge in [0.15, 0.2) is 0 Å². The van der Waals surface area contributed by atoms with Crippen LogP contribution in [0.25, 0.3) is 0 Å². The topological polar surface area (TPSA) is 68.1 Å². The van der Waals surface area contributed by atoms with Crippen molar-refractivity contribution >= 4 is 11.4 Å². The van der Waals surface area contributed by atoms with E-state index in [2.05, 4.69) is 22.5 Å². The molecular weight excluding hydrogens is 278 g/mol. The molecule has 0 saturated heterocycles. The number of nitrogens with one attached hydrogen (secondary N) is 1. The van der Waals surface area contributed by atoms with Crippen LogP contribution < -0.4 is 5.32 Å². The Bertz CT molecular complexity index is 758. The maximum atomic E-state index is 11.3. The van der Waals surface area contributed by atoms with Crippen molar-refractivity contribution in [3.63, 3.8) is 0 Å². The van der Waals surface area contributed by atoms with Gasteiger partial charge in [0.05, 0.1) is 11.0 Å². The number of pyridine rings is 1. The lowest BCUT2D eigenvalue weighted by Crippen LogP contribution is -2.29. The van der Waals surface area contributed by atoms with E-state index in [1.165, 1.54) is 0 Å². The number of nitrogens with zero attached hydrogens (tertiary/aromatic N) is 2. The summed E-state index contributed by atoms with van der Waals surface area (Å²) >= 11 is 0. The lowest BCUT2D eigenvalue weighted by molar-refractivity contribution is -0.384. The number of benzene rings is 1. The monoisotopic (exact) mass is 293 g/mol. The second kappa shape index (κ2) is 4.94. The lowest BCUT2D eigenvalue weighted by Gasteiger charge is -2.36. The van der Waals surface area contributed by atoms with E-state index in [-0.39, 0.29) is 22.6 Å². The van der Waals surface area contributed by atoms with Crippen LogP contribution in [-0.2, 0) is 0 Å². The number of allylic oxidation sites excluding steroid dienone is 2. The summed E-state index contributed by atoms with van der Waals surface area (Å²) in [6.07, 6.45) is 8.91. The first-order valence-corrected chi connectivity index (χ1v) is 7.36. The zero-order valence-corrected chi connectivity index (χ0v) is 11.8. The highest BCUT2D eigenvalue weighted by Gasteiger charge is 2.40. The summed E-state index contributed by atoms with van der Waals surface area (Å²) in [7, 11) is 0. The van der Waals surface area contributed by atoms with Gasteiger partial charge in [0.1, 0.15) is 5.69 Å². The van der Waals surface area contributed by atoms with Crippen molar-refractivity contribution in [1.82, 2.24) is 4.98 Å². The number of anilines is 1. The van der Waals surface area contributed by atoms with Crippen molar-refractivity contribution < 1.29 is 4.92 Å².